The molecule has 2 aromatic carbocycles. The van der Waals surface area contributed by atoms with Crippen molar-refractivity contribution in [1.29, 1.82) is 0 Å². The number of carbonyl (C=O) groups is 1. The number of benzene rings is 2. The molecule has 2 N–H and O–H groups in total. The van der Waals surface area contributed by atoms with E-state index < -0.39 is 0 Å². The maximum Gasteiger partial charge on any atom is 0.311 e. The van der Waals surface area contributed by atoms with E-state index in [2.05, 4.69) is 24.3 Å². The lowest BCUT2D eigenvalue weighted by atomic mass is 9.57. The van der Waals surface area contributed by atoms with Crippen LogP contribution >= 0.6 is 0 Å². The van der Waals surface area contributed by atoms with Gasteiger partial charge < -0.3 is 10.5 Å². The Morgan fingerprint density at radius 1 is 0.905 bits per heavy atom. The van der Waals surface area contributed by atoms with Gasteiger partial charge in [0, 0.05) is 17.9 Å². The van der Waals surface area contributed by atoms with E-state index in [1.165, 1.54) is 29.4 Å². The van der Waals surface area contributed by atoms with E-state index in [1.54, 1.807) is 0 Å². The molecule has 0 heterocycles. The molecule has 0 aliphatic heterocycles. The smallest absolute Gasteiger partial charge is 0.311 e. The first kappa shape index (κ1) is 12.6. The van der Waals surface area contributed by atoms with Gasteiger partial charge in [-0.15, -0.1) is 0 Å². The zero-order chi connectivity index (χ0) is 14.6. The van der Waals surface area contributed by atoms with Crippen molar-refractivity contribution in [3.8, 4) is 0 Å². The van der Waals surface area contributed by atoms with Crippen LogP contribution in [0, 0.1) is 5.92 Å². The molecular weight excluding hydrogens is 262 g/mol. The Hall–Kier alpha value is -2.13. The van der Waals surface area contributed by atoms with Crippen molar-refractivity contribution in [3.05, 3.63) is 70.8 Å². The van der Waals surface area contributed by atoms with Crippen LogP contribution in [-0.2, 0) is 9.53 Å². The molecular formula is C18H17NO2. The number of carbonyl (C=O) groups excluding carboxylic acids is 1. The van der Waals surface area contributed by atoms with Gasteiger partial charge in [-0.05, 0) is 22.3 Å². The number of methoxy groups -OCH3 is 1. The summed E-state index contributed by atoms with van der Waals surface area (Å²) in [5.41, 5.74) is 11.4. The van der Waals surface area contributed by atoms with Crippen LogP contribution < -0.4 is 5.73 Å². The van der Waals surface area contributed by atoms with Crippen molar-refractivity contribution >= 4 is 5.97 Å². The molecule has 0 aromatic heterocycles. The minimum absolute atomic E-state index is 0.00449. The highest BCUT2D eigenvalue weighted by molar-refractivity contribution is 5.79. The highest BCUT2D eigenvalue weighted by Gasteiger charge is 2.51. The average molecular weight is 279 g/mol. The Bertz CT molecular complexity index is 677. The Labute approximate surface area is 123 Å². The van der Waals surface area contributed by atoms with Gasteiger partial charge in [0.2, 0.25) is 0 Å². The SMILES string of the molecule is COC(=O)C1C(N)[C@H]2c3ccccc3[C@@H]1c1ccccc12. The molecule has 0 saturated carbocycles. The predicted molar refractivity (Wildman–Crippen MR) is 80.1 cm³/mol. The zero-order valence-corrected chi connectivity index (χ0v) is 11.8. The first-order valence-corrected chi connectivity index (χ1v) is 7.25. The van der Waals surface area contributed by atoms with Gasteiger partial charge in [-0.2, -0.15) is 0 Å². The molecule has 3 aliphatic carbocycles. The second-order valence-corrected chi connectivity index (χ2v) is 5.84. The summed E-state index contributed by atoms with van der Waals surface area (Å²) in [6.45, 7) is 0. The number of rotatable bonds is 1. The largest absolute Gasteiger partial charge is 0.469 e. The first-order chi connectivity index (χ1) is 10.2. The van der Waals surface area contributed by atoms with E-state index in [4.69, 9.17) is 10.5 Å². The van der Waals surface area contributed by atoms with Crippen molar-refractivity contribution in [3.63, 3.8) is 0 Å². The third-order valence-corrected chi connectivity index (χ3v) is 4.96. The van der Waals surface area contributed by atoms with Crippen molar-refractivity contribution in [2.24, 2.45) is 11.7 Å². The Balaban J connectivity index is 2.00. The highest BCUT2D eigenvalue weighted by atomic mass is 16.5. The third-order valence-electron chi connectivity index (χ3n) is 4.96. The second kappa shape index (κ2) is 4.43. The fourth-order valence-electron chi connectivity index (χ4n) is 4.15. The fourth-order valence-corrected chi connectivity index (χ4v) is 4.15. The number of hydrogen-bond donors (Lipinski definition) is 1. The lowest BCUT2D eigenvalue weighted by Crippen LogP contribution is -2.51. The topological polar surface area (TPSA) is 52.3 Å². The molecule has 3 aliphatic rings. The van der Waals surface area contributed by atoms with E-state index in [0.29, 0.717) is 0 Å². The van der Waals surface area contributed by atoms with Gasteiger partial charge in [-0.1, -0.05) is 48.5 Å². The van der Waals surface area contributed by atoms with Crippen LogP contribution in [0.2, 0.25) is 0 Å². The highest BCUT2D eigenvalue weighted by Crippen LogP contribution is 2.54. The van der Waals surface area contributed by atoms with Gasteiger partial charge in [0.15, 0.2) is 0 Å². The van der Waals surface area contributed by atoms with E-state index >= 15 is 0 Å². The molecule has 0 radical (unpaired) electrons. The summed E-state index contributed by atoms with van der Waals surface area (Å²) >= 11 is 0. The summed E-state index contributed by atoms with van der Waals surface area (Å²) in [6, 6.07) is 16.4. The molecule has 0 saturated heterocycles. The zero-order valence-electron chi connectivity index (χ0n) is 11.8. The van der Waals surface area contributed by atoms with Crippen LogP contribution in [0.15, 0.2) is 48.5 Å². The van der Waals surface area contributed by atoms with Crippen molar-refractivity contribution < 1.29 is 9.53 Å². The standard InChI is InChI=1S/C18H17NO2/c1-21-18(20)16-14-10-6-2-4-8-12(10)15(17(16)19)13-9-5-3-7-11(13)14/h2-9,14-17H,19H2,1H3/t14-,15+,16?,17?. The van der Waals surface area contributed by atoms with Crippen LogP contribution in [0.1, 0.15) is 34.1 Å². The average Bonchev–Trinajstić information content (AvgIpc) is 2.54. The molecule has 2 aromatic rings. The number of ether oxygens (including phenoxy) is 1. The summed E-state index contributed by atoms with van der Waals surface area (Å²) in [5.74, 6) is -0.428. The quantitative estimate of drug-likeness (QED) is 0.815. The van der Waals surface area contributed by atoms with E-state index in [1.807, 2.05) is 24.3 Å². The van der Waals surface area contributed by atoms with Crippen molar-refractivity contribution in [1.82, 2.24) is 0 Å². The minimum atomic E-state index is -0.301. The van der Waals surface area contributed by atoms with Gasteiger partial charge in [-0.25, -0.2) is 0 Å². The normalized spacial score (nSPS) is 28.7. The molecule has 106 valence electrons. The summed E-state index contributed by atoms with van der Waals surface area (Å²) in [6.07, 6.45) is 0. The summed E-state index contributed by atoms with van der Waals surface area (Å²) in [4.78, 5) is 12.3. The van der Waals surface area contributed by atoms with Gasteiger partial charge in [0.25, 0.3) is 0 Å². The summed E-state index contributed by atoms with van der Waals surface area (Å²) in [5, 5.41) is 0. The molecule has 0 spiro atoms. The van der Waals surface area contributed by atoms with Gasteiger partial charge >= 0.3 is 5.97 Å². The second-order valence-electron chi connectivity index (χ2n) is 5.84. The number of nitrogens with two attached hydrogens (primary N) is 1. The Morgan fingerprint density at radius 3 is 1.76 bits per heavy atom. The van der Waals surface area contributed by atoms with Gasteiger partial charge in [0.05, 0.1) is 13.0 Å². The van der Waals surface area contributed by atoms with Crippen molar-refractivity contribution in [2.45, 2.75) is 17.9 Å². The van der Waals surface area contributed by atoms with Gasteiger partial charge in [0.1, 0.15) is 0 Å². The Morgan fingerprint density at radius 2 is 1.33 bits per heavy atom. The summed E-state index contributed by atoms with van der Waals surface area (Å²) < 4.78 is 5.02. The molecule has 5 rings (SSSR count). The van der Waals surface area contributed by atoms with Gasteiger partial charge in [-0.3, -0.25) is 4.79 Å². The minimum Gasteiger partial charge on any atom is -0.469 e. The Kier molecular flexibility index (Phi) is 2.66. The van der Waals surface area contributed by atoms with Crippen molar-refractivity contribution in [2.75, 3.05) is 7.11 Å². The molecule has 3 heteroatoms. The predicted octanol–water partition coefficient (Wildman–Crippen LogP) is 2.39. The fraction of sp³-hybridized carbons (Fsp3) is 0.278. The number of esters is 1. The van der Waals surface area contributed by atoms with Crippen LogP contribution in [0.25, 0.3) is 0 Å². The molecule has 2 bridgehead atoms. The summed E-state index contributed by atoms with van der Waals surface area (Å²) in [7, 11) is 1.44. The number of fused-ring (bicyclic) bond motifs is 1. The van der Waals surface area contributed by atoms with Crippen LogP contribution in [-0.4, -0.2) is 19.1 Å². The maximum atomic E-state index is 12.3. The van der Waals surface area contributed by atoms with E-state index in [0.717, 1.165) is 0 Å². The third kappa shape index (κ3) is 1.55. The lowest BCUT2D eigenvalue weighted by molar-refractivity contribution is -0.147. The molecule has 21 heavy (non-hydrogen) atoms. The molecule has 3 nitrogen and oxygen atoms in total. The van der Waals surface area contributed by atoms with Crippen LogP contribution in [0.4, 0.5) is 0 Å². The lowest BCUT2D eigenvalue weighted by Gasteiger charge is -2.48. The van der Waals surface area contributed by atoms with E-state index in [-0.39, 0.29) is 29.8 Å². The van der Waals surface area contributed by atoms with E-state index in [9.17, 15) is 4.79 Å². The molecule has 2 unspecified atom stereocenters. The van der Waals surface area contributed by atoms with Crippen LogP contribution in [0.5, 0.6) is 0 Å². The maximum absolute atomic E-state index is 12.3. The molecule has 0 amide bonds. The first-order valence-electron chi connectivity index (χ1n) is 7.25. The monoisotopic (exact) mass is 279 g/mol. The molecule has 0 fully saturated rings. The number of hydrogen-bond acceptors (Lipinski definition) is 3. The van der Waals surface area contributed by atoms with Crippen LogP contribution in [0.3, 0.4) is 0 Å². The molecule has 2 atom stereocenters.